The Balaban J connectivity index is 1.24. The number of nitro groups is 1. The Labute approximate surface area is 197 Å². The average Bonchev–Trinajstić information content (AvgIpc) is 3.06. The Morgan fingerprint density at radius 2 is 1.74 bits per heavy atom. The number of carbonyl (C=O) groups excluding carboxylic acids is 3. The molecular weight excluding hydrogens is 436 g/mol. The van der Waals surface area contributed by atoms with Crippen molar-refractivity contribution in [1.29, 1.82) is 0 Å². The molecule has 1 N–H and O–H groups in total. The summed E-state index contributed by atoms with van der Waals surface area (Å²) in [5, 5.41) is 13.8. The number of fused-ring (bicyclic) bond motifs is 1. The van der Waals surface area contributed by atoms with Gasteiger partial charge in [-0.1, -0.05) is 19.1 Å². The highest BCUT2D eigenvalue weighted by atomic mass is 16.6. The van der Waals surface area contributed by atoms with Gasteiger partial charge < -0.3 is 5.32 Å². The van der Waals surface area contributed by atoms with E-state index >= 15 is 0 Å². The van der Waals surface area contributed by atoms with Crippen LogP contribution in [0.1, 0.15) is 58.9 Å². The number of amides is 3. The second kappa shape index (κ2) is 10.1. The highest BCUT2D eigenvalue weighted by Crippen LogP contribution is 2.27. The Kier molecular flexibility index (Phi) is 7.02. The van der Waals surface area contributed by atoms with Crippen LogP contribution in [-0.2, 0) is 11.3 Å². The molecule has 2 aliphatic heterocycles. The van der Waals surface area contributed by atoms with E-state index in [0.29, 0.717) is 12.1 Å². The molecule has 34 heavy (non-hydrogen) atoms. The molecule has 1 fully saturated rings. The van der Waals surface area contributed by atoms with Gasteiger partial charge in [-0.05, 0) is 62.0 Å². The van der Waals surface area contributed by atoms with Crippen LogP contribution in [0.25, 0.3) is 0 Å². The van der Waals surface area contributed by atoms with E-state index in [1.54, 1.807) is 0 Å². The summed E-state index contributed by atoms with van der Waals surface area (Å²) in [6, 6.07) is 11.4. The summed E-state index contributed by atoms with van der Waals surface area (Å²) in [6.07, 6.45) is 2.90. The van der Waals surface area contributed by atoms with Gasteiger partial charge in [0.1, 0.15) is 0 Å². The predicted molar refractivity (Wildman–Crippen MR) is 126 cm³/mol. The lowest BCUT2D eigenvalue weighted by Crippen LogP contribution is -2.32. The summed E-state index contributed by atoms with van der Waals surface area (Å²) >= 11 is 0. The van der Waals surface area contributed by atoms with Crippen molar-refractivity contribution in [1.82, 2.24) is 9.80 Å². The first-order valence-corrected chi connectivity index (χ1v) is 11.6. The second-order valence-electron chi connectivity index (χ2n) is 9.06. The quantitative estimate of drug-likeness (QED) is 0.361. The Morgan fingerprint density at radius 1 is 1.06 bits per heavy atom. The summed E-state index contributed by atoms with van der Waals surface area (Å²) in [6.45, 7) is 5.50. The van der Waals surface area contributed by atoms with Crippen molar-refractivity contribution in [2.24, 2.45) is 5.92 Å². The van der Waals surface area contributed by atoms with Gasteiger partial charge in [0.05, 0.1) is 16.1 Å². The minimum absolute atomic E-state index is 0.0304. The fraction of sp³-hybridized carbons (Fsp3) is 0.400. The van der Waals surface area contributed by atoms with Gasteiger partial charge >= 0.3 is 0 Å². The lowest BCUT2D eigenvalue weighted by Gasteiger charge is -2.30. The van der Waals surface area contributed by atoms with E-state index in [1.807, 2.05) is 24.3 Å². The standard InChI is InChI=1S/C25H28N4O5/c1-17-10-13-27(14-11-17)16-18-4-6-19(7-5-18)26-23(30)3-2-12-28-24(31)21-9-8-20(29(33)34)15-22(21)25(28)32/h4-9,15,17H,2-3,10-14,16H2,1H3,(H,26,30). The lowest BCUT2D eigenvalue weighted by molar-refractivity contribution is -0.384. The molecule has 0 atom stereocenters. The largest absolute Gasteiger partial charge is 0.326 e. The molecule has 1 saturated heterocycles. The zero-order valence-corrected chi connectivity index (χ0v) is 19.2. The number of nitrogens with one attached hydrogen (secondary N) is 1. The summed E-state index contributed by atoms with van der Waals surface area (Å²) < 4.78 is 0. The molecule has 0 bridgehead atoms. The molecule has 9 heteroatoms. The first-order valence-electron chi connectivity index (χ1n) is 11.6. The van der Waals surface area contributed by atoms with Crippen LogP contribution in [0.3, 0.4) is 0 Å². The van der Waals surface area contributed by atoms with Crippen LogP contribution in [0.15, 0.2) is 42.5 Å². The van der Waals surface area contributed by atoms with E-state index in [4.69, 9.17) is 0 Å². The van der Waals surface area contributed by atoms with Gasteiger partial charge in [-0.15, -0.1) is 0 Å². The third kappa shape index (κ3) is 5.31. The summed E-state index contributed by atoms with van der Waals surface area (Å²) in [4.78, 5) is 51.2. The number of nitro benzene ring substituents is 1. The van der Waals surface area contributed by atoms with Crippen molar-refractivity contribution < 1.29 is 19.3 Å². The number of rotatable bonds is 8. The van der Waals surface area contributed by atoms with E-state index in [2.05, 4.69) is 17.1 Å². The zero-order chi connectivity index (χ0) is 24.2. The van der Waals surface area contributed by atoms with E-state index in [-0.39, 0.29) is 35.7 Å². The number of anilines is 1. The van der Waals surface area contributed by atoms with E-state index in [9.17, 15) is 24.5 Å². The van der Waals surface area contributed by atoms with Gasteiger partial charge in [0, 0.05) is 37.3 Å². The predicted octanol–water partition coefficient (Wildman–Crippen LogP) is 3.84. The molecule has 2 heterocycles. The van der Waals surface area contributed by atoms with Crippen LogP contribution in [-0.4, -0.2) is 52.1 Å². The number of hydrogen-bond acceptors (Lipinski definition) is 6. The third-order valence-electron chi connectivity index (χ3n) is 6.47. The van der Waals surface area contributed by atoms with Crippen molar-refractivity contribution in [3.8, 4) is 0 Å². The molecule has 0 unspecified atom stereocenters. The molecule has 0 spiro atoms. The molecule has 3 amide bonds. The van der Waals surface area contributed by atoms with E-state index in [1.165, 1.54) is 30.5 Å². The van der Waals surface area contributed by atoms with Crippen molar-refractivity contribution in [3.05, 3.63) is 69.3 Å². The monoisotopic (exact) mass is 464 g/mol. The van der Waals surface area contributed by atoms with Crippen LogP contribution < -0.4 is 5.32 Å². The van der Waals surface area contributed by atoms with E-state index < -0.39 is 16.7 Å². The highest BCUT2D eigenvalue weighted by Gasteiger charge is 2.36. The molecular formula is C25H28N4O5. The first-order chi connectivity index (χ1) is 16.3. The summed E-state index contributed by atoms with van der Waals surface area (Å²) in [5.74, 6) is -0.464. The number of carbonyl (C=O) groups is 3. The summed E-state index contributed by atoms with van der Waals surface area (Å²) in [7, 11) is 0. The minimum Gasteiger partial charge on any atom is -0.326 e. The Hall–Kier alpha value is -3.59. The van der Waals surface area contributed by atoms with Crippen LogP contribution in [0.4, 0.5) is 11.4 Å². The number of imide groups is 1. The molecule has 0 aliphatic carbocycles. The number of non-ortho nitro benzene ring substituents is 1. The van der Waals surface area contributed by atoms with Gasteiger partial charge in [0.15, 0.2) is 0 Å². The first kappa shape index (κ1) is 23.6. The molecule has 2 aromatic carbocycles. The van der Waals surface area contributed by atoms with Gasteiger partial charge in [-0.2, -0.15) is 0 Å². The molecule has 0 aromatic heterocycles. The smallest absolute Gasteiger partial charge is 0.270 e. The van der Waals surface area contributed by atoms with Gasteiger partial charge in [0.2, 0.25) is 5.91 Å². The topological polar surface area (TPSA) is 113 Å². The normalized spacial score (nSPS) is 16.6. The van der Waals surface area contributed by atoms with Crippen LogP contribution in [0, 0.1) is 16.0 Å². The van der Waals surface area contributed by atoms with Crippen LogP contribution in [0.2, 0.25) is 0 Å². The SMILES string of the molecule is CC1CCN(Cc2ccc(NC(=O)CCCN3C(=O)c4ccc([N+](=O)[O-])cc4C3=O)cc2)CC1. The van der Waals surface area contributed by atoms with Gasteiger partial charge in [0.25, 0.3) is 17.5 Å². The summed E-state index contributed by atoms with van der Waals surface area (Å²) in [5.41, 5.74) is 1.85. The van der Waals surface area contributed by atoms with Gasteiger partial charge in [-0.25, -0.2) is 0 Å². The molecule has 178 valence electrons. The maximum absolute atomic E-state index is 12.5. The van der Waals surface area contributed by atoms with Crippen LogP contribution in [0.5, 0.6) is 0 Å². The molecule has 2 aliphatic rings. The maximum atomic E-state index is 12.5. The number of hydrogen-bond donors (Lipinski definition) is 1. The number of piperidine rings is 1. The zero-order valence-electron chi connectivity index (χ0n) is 19.2. The fourth-order valence-corrected chi connectivity index (χ4v) is 4.39. The molecule has 0 radical (unpaired) electrons. The Morgan fingerprint density at radius 3 is 2.41 bits per heavy atom. The van der Waals surface area contributed by atoms with E-state index in [0.717, 1.165) is 36.5 Å². The average molecular weight is 465 g/mol. The van der Waals surface area contributed by atoms with Crippen molar-refractivity contribution in [3.63, 3.8) is 0 Å². The second-order valence-corrected chi connectivity index (χ2v) is 9.06. The van der Waals surface area contributed by atoms with Crippen molar-refractivity contribution in [2.45, 2.75) is 39.2 Å². The molecule has 0 saturated carbocycles. The third-order valence-corrected chi connectivity index (χ3v) is 6.47. The lowest BCUT2D eigenvalue weighted by atomic mass is 9.99. The molecule has 4 rings (SSSR count). The van der Waals surface area contributed by atoms with Crippen molar-refractivity contribution >= 4 is 29.1 Å². The number of nitrogens with zero attached hydrogens (tertiary/aromatic N) is 3. The number of benzene rings is 2. The van der Waals surface area contributed by atoms with Gasteiger partial charge in [-0.3, -0.25) is 34.3 Å². The highest BCUT2D eigenvalue weighted by molar-refractivity contribution is 6.21. The minimum atomic E-state index is -0.605. The molecule has 2 aromatic rings. The van der Waals surface area contributed by atoms with Crippen LogP contribution >= 0.6 is 0 Å². The van der Waals surface area contributed by atoms with Crippen molar-refractivity contribution in [2.75, 3.05) is 25.0 Å². The maximum Gasteiger partial charge on any atom is 0.270 e. The fourth-order valence-electron chi connectivity index (χ4n) is 4.39. The Bertz CT molecular complexity index is 1110. The number of likely N-dealkylation sites (tertiary alicyclic amines) is 1. The molecule has 9 nitrogen and oxygen atoms in total.